The number of nitrogens with zero attached hydrogens (tertiary/aromatic N) is 1. The van der Waals surface area contributed by atoms with Gasteiger partial charge in [-0.1, -0.05) is 37.3 Å². The highest BCUT2D eigenvalue weighted by molar-refractivity contribution is 6.14. The number of fused-ring (bicyclic) bond motifs is 1. The van der Waals surface area contributed by atoms with Gasteiger partial charge in [-0.2, -0.15) is 0 Å². The zero-order valence-electron chi connectivity index (χ0n) is 17.8. The van der Waals surface area contributed by atoms with Crippen LogP contribution in [0.4, 0.5) is 11.4 Å². The molecule has 2 amide bonds. The summed E-state index contributed by atoms with van der Waals surface area (Å²) in [5, 5.41) is 16.9. The average Bonchev–Trinajstić information content (AvgIpc) is 3.44. The van der Waals surface area contributed by atoms with Gasteiger partial charge in [0.05, 0.1) is 12.6 Å². The van der Waals surface area contributed by atoms with Gasteiger partial charge in [-0.05, 0) is 43.0 Å². The lowest BCUT2D eigenvalue weighted by molar-refractivity contribution is -0.152. The van der Waals surface area contributed by atoms with Crippen molar-refractivity contribution in [3.05, 3.63) is 59.7 Å². The summed E-state index contributed by atoms with van der Waals surface area (Å²) in [5.74, 6) is -1.53. The largest absolute Gasteiger partial charge is 0.379 e. The summed E-state index contributed by atoms with van der Waals surface area (Å²) in [6.07, 6.45) is 2.63. The van der Waals surface area contributed by atoms with Gasteiger partial charge in [-0.15, -0.1) is 0 Å². The predicted octanol–water partition coefficient (Wildman–Crippen LogP) is 2.19. The maximum absolute atomic E-state index is 13.3. The van der Waals surface area contributed by atoms with Crippen molar-refractivity contribution in [3.8, 4) is 0 Å². The molecule has 2 aromatic carbocycles. The Morgan fingerprint density at radius 3 is 2.71 bits per heavy atom. The molecule has 3 N–H and O–H groups in total. The van der Waals surface area contributed by atoms with Gasteiger partial charge in [0, 0.05) is 36.6 Å². The molecule has 0 spiro atoms. The summed E-state index contributed by atoms with van der Waals surface area (Å²) in [5.41, 5.74) is 0.767. The minimum atomic E-state index is -2.35. The molecule has 0 unspecified atom stereocenters. The summed E-state index contributed by atoms with van der Waals surface area (Å²) in [6, 6.07) is 13.8. The van der Waals surface area contributed by atoms with Crippen LogP contribution >= 0.6 is 0 Å². The Hall–Kier alpha value is -2.90. The van der Waals surface area contributed by atoms with E-state index >= 15 is 0 Å². The molecular weight excluding hydrogens is 394 g/mol. The van der Waals surface area contributed by atoms with Gasteiger partial charge in [-0.25, -0.2) is 0 Å². The van der Waals surface area contributed by atoms with Crippen LogP contribution in [0.2, 0.25) is 0 Å². The van der Waals surface area contributed by atoms with E-state index in [2.05, 4.69) is 22.5 Å². The maximum atomic E-state index is 13.3. The Morgan fingerprint density at radius 2 is 2.00 bits per heavy atom. The fraction of sp³-hybridized carbons (Fsp3) is 0.417. The molecule has 0 saturated carbocycles. The molecule has 2 aliphatic heterocycles. The number of carbonyl (C=O) groups excluding carboxylic acids is 2. The van der Waals surface area contributed by atoms with Crippen molar-refractivity contribution in [2.75, 3.05) is 36.5 Å². The van der Waals surface area contributed by atoms with Crippen LogP contribution < -0.4 is 15.5 Å². The Labute approximate surface area is 182 Å². The van der Waals surface area contributed by atoms with Crippen LogP contribution in [0.1, 0.15) is 30.9 Å². The number of hydrogen-bond acceptors (Lipinski definition) is 5. The minimum Gasteiger partial charge on any atom is -0.379 e. The number of anilines is 2. The highest BCUT2D eigenvalue weighted by Crippen LogP contribution is 2.31. The van der Waals surface area contributed by atoms with Crippen LogP contribution in [0.5, 0.6) is 0 Å². The third kappa shape index (κ3) is 4.29. The Morgan fingerprint density at radius 1 is 1.19 bits per heavy atom. The standard InChI is InChI=1S/C24H29N3O4/c1-2-12-27-13-10-17-15-19(8-9-21(17)27)25-22(28)24(30,18-6-4-3-5-7-18)23(29)26-20-11-14-31-16-20/h3-9,15,20,30H,2,10-14,16H2,1H3,(H,25,28)(H,26,29)/t20-,24-/m0/s1. The SMILES string of the molecule is CCCN1CCc2cc(NC(=O)[C@](O)(C(=O)N[C@H]3CCOC3)c3ccccc3)ccc21. The summed E-state index contributed by atoms with van der Waals surface area (Å²) in [7, 11) is 0. The lowest BCUT2D eigenvalue weighted by Gasteiger charge is -2.28. The molecular formula is C24H29N3O4. The number of rotatable bonds is 7. The number of ether oxygens (including phenoxy) is 1. The molecule has 1 fully saturated rings. The van der Waals surface area contributed by atoms with Crippen LogP contribution in [0.15, 0.2) is 48.5 Å². The summed E-state index contributed by atoms with van der Waals surface area (Å²) in [4.78, 5) is 28.7. The van der Waals surface area contributed by atoms with E-state index in [9.17, 15) is 14.7 Å². The quantitative estimate of drug-likeness (QED) is 0.594. The lowest BCUT2D eigenvalue weighted by Crippen LogP contribution is -2.55. The first-order valence-corrected chi connectivity index (χ1v) is 10.9. The van der Waals surface area contributed by atoms with Crippen molar-refractivity contribution in [3.63, 3.8) is 0 Å². The molecule has 31 heavy (non-hydrogen) atoms. The van der Waals surface area contributed by atoms with E-state index in [0.29, 0.717) is 25.3 Å². The number of aliphatic hydroxyl groups is 1. The topological polar surface area (TPSA) is 90.9 Å². The van der Waals surface area contributed by atoms with E-state index in [1.807, 2.05) is 18.2 Å². The summed E-state index contributed by atoms with van der Waals surface area (Å²) >= 11 is 0. The first-order chi connectivity index (χ1) is 15.0. The van der Waals surface area contributed by atoms with Crippen LogP contribution in [-0.4, -0.2) is 49.3 Å². The number of nitrogens with one attached hydrogen (secondary N) is 2. The van der Waals surface area contributed by atoms with E-state index in [4.69, 9.17) is 4.74 Å². The fourth-order valence-electron chi connectivity index (χ4n) is 4.25. The van der Waals surface area contributed by atoms with Crippen LogP contribution in [0.3, 0.4) is 0 Å². The van der Waals surface area contributed by atoms with E-state index in [0.717, 1.165) is 31.5 Å². The van der Waals surface area contributed by atoms with Gasteiger partial charge in [0.15, 0.2) is 0 Å². The second kappa shape index (κ2) is 9.08. The molecule has 0 bridgehead atoms. The average molecular weight is 424 g/mol. The predicted molar refractivity (Wildman–Crippen MR) is 119 cm³/mol. The lowest BCUT2D eigenvalue weighted by atomic mass is 9.91. The van der Waals surface area contributed by atoms with Gasteiger partial charge in [0.1, 0.15) is 0 Å². The first-order valence-electron chi connectivity index (χ1n) is 10.9. The van der Waals surface area contributed by atoms with E-state index in [-0.39, 0.29) is 11.6 Å². The van der Waals surface area contributed by atoms with Gasteiger partial charge in [-0.3, -0.25) is 9.59 Å². The monoisotopic (exact) mass is 423 g/mol. The molecule has 1 saturated heterocycles. The zero-order valence-corrected chi connectivity index (χ0v) is 17.8. The normalized spacial score (nSPS) is 19.5. The van der Waals surface area contributed by atoms with Crippen molar-refractivity contribution < 1.29 is 19.4 Å². The second-order valence-corrected chi connectivity index (χ2v) is 8.15. The molecule has 2 aromatic rings. The van der Waals surface area contributed by atoms with Crippen molar-refractivity contribution >= 4 is 23.2 Å². The van der Waals surface area contributed by atoms with Crippen molar-refractivity contribution in [2.24, 2.45) is 0 Å². The van der Waals surface area contributed by atoms with Gasteiger partial charge >= 0.3 is 0 Å². The number of benzene rings is 2. The molecule has 164 valence electrons. The Balaban J connectivity index is 1.57. The second-order valence-electron chi connectivity index (χ2n) is 8.15. The van der Waals surface area contributed by atoms with E-state index < -0.39 is 17.4 Å². The van der Waals surface area contributed by atoms with Gasteiger partial charge in [0.25, 0.3) is 11.8 Å². The van der Waals surface area contributed by atoms with Crippen molar-refractivity contribution in [1.82, 2.24) is 5.32 Å². The van der Waals surface area contributed by atoms with Gasteiger partial charge in [0.2, 0.25) is 5.60 Å². The van der Waals surface area contributed by atoms with Crippen molar-refractivity contribution in [1.29, 1.82) is 0 Å². The molecule has 2 aliphatic rings. The third-order valence-corrected chi connectivity index (χ3v) is 5.94. The molecule has 0 aliphatic carbocycles. The Bertz CT molecular complexity index is 943. The molecule has 2 heterocycles. The smallest absolute Gasteiger partial charge is 0.271 e. The van der Waals surface area contributed by atoms with Crippen LogP contribution in [0, 0.1) is 0 Å². The highest BCUT2D eigenvalue weighted by Gasteiger charge is 2.46. The number of hydrogen-bond donors (Lipinski definition) is 3. The zero-order chi connectivity index (χ0) is 21.8. The minimum absolute atomic E-state index is 0.221. The summed E-state index contributed by atoms with van der Waals surface area (Å²) < 4.78 is 5.30. The first kappa shape index (κ1) is 21.3. The van der Waals surface area contributed by atoms with Crippen LogP contribution in [0.25, 0.3) is 0 Å². The molecule has 7 nitrogen and oxygen atoms in total. The molecule has 2 atom stereocenters. The highest BCUT2D eigenvalue weighted by atomic mass is 16.5. The van der Waals surface area contributed by atoms with Crippen LogP contribution in [-0.2, 0) is 26.3 Å². The number of amides is 2. The third-order valence-electron chi connectivity index (χ3n) is 5.94. The van der Waals surface area contributed by atoms with E-state index in [1.54, 1.807) is 30.3 Å². The van der Waals surface area contributed by atoms with Gasteiger partial charge < -0.3 is 25.4 Å². The molecule has 7 heteroatoms. The molecule has 4 rings (SSSR count). The Kier molecular flexibility index (Phi) is 6.25. The molecule has 0 radical (unpaired) electrons. The van der Waals surface area contributed by atoms with Crippen molar-refractivity contribution in [2.45, 2.75) is 37.8 Å². The maximum Gasteiger partial charge on any atom is 0.271 e. The fourth-order valence-corrected chi connectivity index (χ4v) is 4.25. The molecule has 0 aromatic heterocycles. The van der Waals surface area contributed by atoms with E-state index in [1.165, 1.54) is 5.69 Å². The summed E-state index contributed by atoms with van der Waals surface area (Å²) in [6.45, 7) is 5.03. The number of carbonyl (C=O) groups is 2.